The summed E-state index contributed by atoms with van der Waals surface area (Å²) in [7, 11) is 3.03. The fraction of sp³-hybridized carbons (Fsp3) is 0.143. The van der Waals surface area contributed by atoms with Crippen molar-refractivity contribution in [3.05, 3.63) is 107 Å². The lowest BCUT2D eigenvalue weighted by atomic mass is 10.0. The zero-order valence-corrected chi connectivity index (χ0v) is 25.5. The highest BCUT2D eigenvalue weighted by molar-refractivity contribution is 5.94. The molecule has 0 unspecified atom stereocenters. The first-order valence-electron chi connectivity index (χ1n) is 14.5. The molecule has 12 heteroatoms. The molecule has 0 aliphatic heterocycles. The average Bonchev–Trinajstić information content (AvgIpc) is 3.07. The number of carbonyl (C=O) groups excluding carboxylic acids is 1. The number of methoxy groups -OCH3 is 2. The average molecular weight is 639 g/mol. The number of rotatable bonds is 10. The van der Waals surface area contributed by atoms with Crippen LogP contribution in [0.3, 0.4) is 0 Å². The van der Waals surface area contributed by atoms with E-state index < -0.39 is 23.0 Å². The molecule has 3 aromatic heterocycles. The molecule has 0 saturated heterocycles. The predicted molar refractivity (Wildman–Crippen MR) is 173 cm³/mol. The van der Waals surface area contributed by atoms with Crippen molar-refractivity contribution in [2.75, 3.05) is 26.1 Å². The van der Waals surface area contributed by atoms with Crippen LogP contribution in [0.1, 0.15) is 6.92 Å². The standard InChI is InChI=1S/C35H28F2N4O6/c1-4-46-32(42)19-41-18-24(20-5-7-21(36)8-6-20)34(43)33-27(41)11-13-39-35(33)40-22-9-10-29(25(37)15-22)47-28-12-14-38-26-17-31(45-3)30(44-2)16-23(26)28/h5-18H,4,19H2,1-3H3,(H,39,40). The first-order chi connectivity index (χ1) is 22.8. The van der Waals surface area contributed by atoms with Gasteiger partial charge in [0, 0.05) is 47.4 Å². The molecule has 3 heterocycles. The van der Waals surface area contributed by atoms with Crippen molar-refractivity contribution in [1.82, 2.24) is 14.5 Å². The highest BCUT2D eigenvalue weighted by atomic mass is 19.1. The second kappa shape index (κ2) is 13.1. The van der Waals surface area contributed by atoms with E-state index in [1.165, 1.54) is 63.0 Å². The maximum Gasteiger partial charge on any atom is 0.325 e. The van der Waals surface area contributed by atoms with E-state index in [1.54, 1.807) is 48.0 Å². The summed E-state index contributed by atoms with van der Waals surface area (Å²) in [6.07, 6.45) is 4.53. The van der Waals surface area contributed by atoms with Gasteiger partial charge in [0.2, 0.25) is 5.43 Å². The van der Waals surface area contributed by atoms with E-state index in [4.69, 9.17) is 18.9 Å². The second-order valence-corrected chi connectivity index (χ2v) is 10.3. The monoisotopic (exact) mass is 638 g/mol. The minimum Gasteiger partial charge on any atom is -0.493 e. The van der Waals surface area contributed by atoms with Gasteiger partial charge in [0.05, 0.1) is 37.2 Å². The number of esters is 1. The molecule has 0 atom stereocenters. The van der Waals surface area contributed by atoms with Crippen LogP contribution in [0, 0.1) is 11.6 Å². The van der Waals surface area contributed by atoms with Crippen LogP contribution in [0.25, 0.3) is 32.9 Å². The van der Waals surface area contributed by atoms with E-state index in [0.29, 0.717) is 39.2 Å². The Morgan fingerprint density at radius 2 is 1.62 bits per heavy atom. The predicted octanol–water partition coefficient (Wildman–Crippen LogP) is 7.01. The summed E-state index contributed by atoms with van der Waals surface area (Å²) in [4.78, 5) is 35.1. The Morgan fingerprint density at radius 1 is 0.872 bits per heavy atom. The molecule has 0 bridgehead atoms. The third-order valence-electron chi connectivity index (χ3n) is 7.38. The van der Waals surface area contributed by atoms with Crippen molar-refractivity contribution >= 4 is 39.3 Å². The van der Waals surface area contributed by atoms with Crippen molar-refractivity contribution in [2.45, 2.75) is 13.5 Å². The lowest BCUT2D eigenvalue weighted by Gasteiger charge is -2.16. The van der Waals surface area contributed by atoms with Crippen molar-refractivity contribution in [3.8, 4) is 34.1 Å². The van der Waals surface area contributed by atoms with Crippen LogP contribution in [-0.2, 0) is 16.1 Å². The van der Waals surface area contributed by atoms with Crippen LogP contribution >= 0.6 is 0 Å². The molecule has 10 nitrogen and oxygen atoms in total. The molecule has 238 valence electrons. The molecule has 1 N–H and O–H groups in total. The minimum absolute atomic E-state index is 0.0564. The highest BCUT2D eigenvalue weighted by Crippen LogP contribution is 2.38. The summed E-state index contributed by atoms with van der Waals surface area (Å²) in [6.45, 7) is 1.69. The lowest BCUT2D eigenvalue weighted by Crippen LogP contribution is -2.19. The van der Waals surface area contributed by atoms with Gasteiger partial charge in [-0.25, -0.2) is 13.8 Å². The van der Waals surface area contributed by atoms with Gasteiger partial charge in [0.1, 0.15) is 23.9 Å². The first-order valence-corrected chi connectivity index (χ1v) is 14.5. The Bertz CT molecular complexity index is 2190. The van der Waals surface area contributed by atoms with Gasteiger partial charge < -0.3 is 28.8 Å². The van der Waals surface area contributed by atoms with Crippen LogP contribution in [0.5, 0.6) is 23.0 Å². The maximum atomic E-state index is 15.5. The zero-order valence-electron chi connectivity index (χ0n) is 25.5. The van der Waals surface area contributed by atoms with Gasteiger partial charge in [0.25, 0.3) is 0 Å². The summed E-state index contributed by atoms with van der Waals surface area (Å²) in [5, 5.41) is 3.77. The van der Waals surface area contributed by atoms with E-state index in [2.05, 4.69) is 15.3 Å². The largest absolute Gasteiger partial charge is 0.493 e. The molecule has 47 heavy (non-hydrogen) atoms. The van der Waals surface area contributed by atoms with E-state index in [9.17, 15) is 14.0 Å². The highest BCUT2D eigenvalue weighted by Gasteiger charge is 2.19. The maximum absolute atomic E-state index is 15.5. The molecule has 3 aromatic carbocycles. The first kappa shape index (κ1) is 31.0. The van der Waals surface area contributed by atoms with E-state index in [-0.39, 0.29) is 41.4 Å². The fourth-order valence-corrected chi connectivity index (χ4v) is 5.19. The number of anilines is 2. The number of hydrogen-bond acceptors (Lipinski definition) is 9. The Hall–Kier alpha value is -6.04. The Kier molecular flexibility index (Phi) is 8.65. The molecule has 0 fully saturated rings. The number of pyridine rings is 3. The van der Waals surface area contributed by atoms with Crippen molar-refractivity contribution < 1.29 is 32.5 Å². The molecule has 6 rings (SSSR count). The van der Waals surface area contributed by atoms with Crippen LogP contribution in [0.2, 0.25) is 0 Å². The number of hydrogen-bond donors (Lipinski definition) is 1. The van der Waals surface area contributed by atoms with Crippen molar-refractivity contribution in [2.24, 2.45) is 0 Å². The number of nitrogens with one attached hydrogen (secondary N) is 1. The lowest BCUT2D eigenvalue weighted by molar-refractivity contribution is -0.143. The summed E-state index contributed by atoms with van der Waals surface area (Å²) in [6, 6.07) is 16.3. The van der Waals surface area contributed by atoms with Gasteiger partial charge in [-0.15, -0.1) is 0 Å². The molecule has 0 radical (unpaired) electrons. The van der Waals surface area contributed by atoms with E-state index in [1.807, 2.05) is 0 Å². The quantitative estimate of drug-likeness (QED) is 0.158. The summed E-state index contributed by atoms with van der Waals surface area (Å²) < 4.78 is 52.6. The Labute approximate surface area is 267 Å². The summed E-state index contributed by atoms with van der Waals surface area (Å²) in [5.41, 5.74) is 1.48. The van der Waals surface area contributed by atoms with Crippen molar-refractivity contribution in [3.63, 3.8) is 0 Å². The number of fused-ring (bicyclic) bond motifs is 2. The zero-order chi connectivity index (χ0) is 33.1. The smallest absolute Gasteiger partial charge is 0.325 e. The topological polar surface area (TPSA) is 114 Å². The third kappa shape index (κ3) is 6.25. The molecule has 0 spiro atoms. The number of nitrogens with zero attached hydrogens (tertiary/aromatic N) is 3. The minimum atomic E-state index is -0.688. The summed E-state index contributed by atoms with van der Waals surface area (Å²) >= 11 is 0. The van der Waals surface area contributed by atoms with Gasteiger partial charge in [-0.3, -0.25) is 14.6 Å². The normalized spacial score (nSPS) is 11.0. The van der Waals surface area contributed by atoms with Crippen LogP contribution in [-0.4, -0.2) is 41.3 Å². The number of aromatic nitrogens is 3. The number of benzene rings is 3. The number of ether oxygens (including phenoxy) is 4. The Balaban J connectivity index is 1.37. The van der Waals surface area contributed by atoms with Gasteiger partial charge in [-0.2, -0.15) is 0 Å². The number of carbonyl (C=O) groups is 1. The molecular weight excluding hydrogens is 610 g/mol. The second-order valence-electron chi connectivity index (χ2n) is 10.3. The molecule has 6 aromatic rings. The number of halogens is 2. The molecule has 0 saturated carbocycles. The van der Waals surface area contributed by atoms with Gasteiger partial charge in [-0.1, -0.05) is 12.1 Å². The molecule has 0 aliphatic carbocycles. The fourth-order valence-electron chi connectivity index (χ4n) is 5.19. The van der Waals surface area contributed by atoms with Crippen molar-refractivity contribution in [1.29, 1.82) is 0 Å². The van der Waals surface area contributed by atoms with Crippen LogP contribution in [0.4, 0.5) is 20.3 Å². The third-order valence-corrected chi connectivity index (χ3v) is 7.38. The molecular formula is C35H28F2N4O6. The molecule has 0 aliphatic rings. The van der Waals surface area contributed by atoms with Gasteiger partial charge >= 0.3 is 5.97 Å². The SMILES string of the molecule is CCOC(=O)Cn1cc(-c2ccc(F)cc2)c(=O)c2c(Nc3ccc(Oc4ccnc5cc(OC)c(OC)cc45)c(F)c3)nccc21. The van der Waals surface area contributed by atoms with Gasteiger partial charge in [-0.05, 0) is 55.0 Å². The van der Waals surface area contributed by atoms with E-state index in [0.717, 1.165) is 0 Å². The van der Waals surface area contributed by atoms with Crippen LogP contribution in [0.15, 0.2) is 90.1 Å². The summed E-state index contributed by atoms with van der Waals surface area (Å²) in [5.74, 6) is -0.283. The molecule has 0 amide bonds. The van der Waals surface area contributed by atoms with Crippen LogP contribution < -0.4 is 25.0 Å². The Morgan fingerprint density at radius 3 is 2.34 bits per heavy atom. The van der Waals surface area contributed by atoms with Gasteiger partial charge in [0.15, 0.2) is 23.1 Å². The van der Waals surface area contributed by atoms with E-state index >= 15 is 4.39 Å².